The molecule has 0 aliphatic heterocycles. The van der Waals surface area contributed by atoms with Crippen LogP contribution >= 0.6 is 0 Å². The zero-order valence-corrected chi connectivity index (χ0v) is 14.6. The molecule has 2 rings (SSSR count). The highest BCUT2D eigenvalue weighted by Gasteiger charge is 2.17. The summed E-state index contributed by atoms with van der Waals surface area (Å²) < 4.78 is 15.5. The van der Waals surface area contributed by atoms with Crippen LogP contribution in [0.5, 0.6) is 0 Å². The lowest BCUT2D eigenvalue weighted by atomic mass is 10.1. The second kappa shape index (κ2) is 7.88. The summed E-state index contributed by atoms with van der Waals surface area (Å²) in [5.41, 5.74) is 0.409. The first-order valence-corrected chi connectivity index (χ1v) is 8.18. The molecule has 0 unspecified atom stereocenters. The Morgan fingerprint density at radius 1 is 1.24 bits per heavy atom. The van der Waals surface area contributed by atoms with Crippen molar-refractivity contribution in [1.29, 1.82) is 0 Å². The van der Waals surface area contributed by atoms with Gasteiger partial charge in [-0.05, 0) is 25.5 Å². The molecule has 0 saturated heterocycles. The van der Waals surface area contributed by atoms with Crippen molar-refractivity contribution >= 4 is 11.7 Å². The Kier molecular flexibility index (Phi) is 5.85. The van der Waals surface area contributed by atoms with Crippen LogP contribution in [0.15, 0.2) is 35.3 Å². The van der Waals surface area contributed by atoms with E-state index in [1.165, 1.54) is 16.8 Å². The largest absolute Gasteiger partial charge is 0.352 e. The molecule has 1 amide bonds. The zero-order chi connectivity index (χ0) is 18.6. The third-order valence-electron chi connectivity index (χ3n) is 3.92. The third kappa shape index (κ3) is 4.02. The van der Waals surface area contributed by atoms with E-state index in [0.29, 0.717) is 17.7 Å². The van der Waals surface area contributed by atoms with Crippen molar-refractivity contribution in [3.05, 3.63) is 68.9 Å². The molecule has 0 aliphatic rings. The number of nitrogens with zero attached hydrogens (tertiary/aromatic N) is 1. The average Bonchev–Trinajstić information content (AvgIpc) is 2.60. The van der Waals surface area contributed by atoms with E-state index in [1.54, 1.807) is 39.0 Å². The highest BCUT2D eigenvalue weighted by molar-refractivity contribution is 6.00. The maximum Gasteiger partial charge on any atom is 0.261 e. The maximum atomic E-state index is 14.3. The first-order valence-electron chi connectivity index (χ1n) is 8.18. The van der Waals surface area contributed by atoms with E-state index in [2.05, 4.69) is 5.32 Å². The minimum absolute atomic E-state index is 0.0520. The summed E-state index contributed by atoms with van der Waals surface area (Å²) in [5, 5.41) is 2.64. The molecule has 0 bridgehead atoms. The Hall–Kier alpha value is -2.76. The normalized spacial score (nSPS) is 10.6. The zero-order valence-electron chi connectivity index (χ0n) is 14.6. The Morgan fingerprint density at radius 2 is 1.96 bits per heavy atom. The van der Waals surface area contributed by atoms with E-state index in [4.69, 9.17) is 0 Å². The summed E-state index contributed by atoms with van der Waals surface area (Å²) in [6.07, 6.45) is 1.51. The van der Waals surface area contributed by atoms with Gasteiger partial charge in [0.05, 0.1) is 17.7 Å². The molecule has 1 heterocycles. The lowest BCUT2D eigenvalue weighted by Crippen LogP contribution is -2.31. The van der Waals surface area contributed by atoms with E-state index >= 15 is 0 Å². The number of hydrogen-bond acceptors (Lipinski definition) is 3. The molecule has 6 heteroatoms. The molecule has 0 saturated carbocycles. The SMILES string of the molecule is CCNC(=O)c1cc(C(=O)CC)c(=O)n(Cc2cccc(C)c2F)c1. The average molecular weight is 344 g/mol. The second-order valence-electron chi connectivity index (χ2n) is 5.76. The molecule has 1 N–H and O–H groups in total. The first kappa shape index (κ1) is 18.6. The molecule has 2 aromatic rings. The quantitative estimate of drug-likeness (QED) is 0.819. The summed E-state index contributed by atoms with van der Waals surface area (Å²) in [7, 11) is 0. The number of halogens is 1. The molecule has 132 valence electrons. The second-order valence-corrected chi connectivity index (χ2v) is 5.76. The van der Waals surface area contributed by atoms with Crippen LogP contribution < -0.4 is 10.9 Å². The molecule has 0 atom stereocenters. The number of aryl methyl sites for hydroxylation is 1. The molecule has 25 heavy (non-hydrogen) atoms. The lowest BCUT2D eigenvalue weighted by Gasteiger charge is -2.12. The molecule has 0 aliphatic carbocycles. The predicted octanol–water partition coefficient (Wildman–Crippen LogP) is 2.69. The number of amides is 1. The van der Waals surface area contributed by atoms with Crippen molar-refractivity contribution in [1.82, 2.24) is 9.88 Å². The van der Waals surface area contributed by atoms with Gasteiger partial charge in [-0.15, -0.1) is 0 Å². The van der Waals surface area contributed by atoms with Gasteiger partial charge in [0.15, 0.2) is 5.78 Å². The van der Waals surface area contributed by atoms with Crippen LogP contribution in [-0.4, -0.2) is 22.8 Å². The fourth-order valence-corrected chi connectivity index (χ4v) is 2.54. The summed E-state index contributed by atoms with van der Waals surface area (Å²) in [4.78, 5) is 36.8. The molecule has 0 spiro atoms. The number of aromatic nitrogens is 1. The highest BCUT2D eigenvalue weighted by atomic mass is 19.1. The molecule has 0 fully saturated rings. The smallest absolute Gasteiger partial charge is 0.261 e. The Bertz CT molecular complexity index is 871. The van der Waals surface area contributed by atoms with Crippen LogP contribution in [0.3, 0.4) is 0 Å². The van der Waals surface area contributed by atoms with Gasteiger partial charge in [-0.2, -0.15) is 0 Å². The number of hydrogen-bond donors (Lipinski definition) is 1. The number of Topliss-reactive ketones (excluding diaryl/α,β-unsaturated/α-hetero) is 1. The van der Waals surface area contributed by atoms with Gasteiger partial charge in [-0.1, -0.05) is 25.1 Å². The number of ketones is 1. The maximum absolute atomic E-state index is 14.3. The molecular formula is C19H21FN2O3. The van der Waals surface area contributed by atoms with Crippen molar-refractivity contribution in [3.63, 3.8) is 0 Å². The van der Waals surface area contributed by atoms with E-state index in [9.17, 15) is 18.8 Å². The van der Waals surface area contributed by atoms with Gasteiger partial charge in [0.2, 0.25) is 0 Å². The Balaban J connectivity index is 2.57. The van der Waals surface area contributed by atoms with Gasteiger partial charge in [0.25, 0.3) is 11.5 Å². The van der Waals surface area contributed by atoms with Crippen molar-refractivity contribution in [2.45, 2.75) is 33.7 Å². The van der Waals surface area contributed by atoms with Gasteiger partial charge in [-0.25, -0.2) is 4.39 Å². The van der Waals surface area contributed by atoms with E-state index in [-0.39, 0.29) is 35.8 Å². The monoisotopic (exact) mass is 344 g/mol. The number of pyridine rings is 1. The summed E-state index contributed by atoms with van der Waals surface area (Å²) in [6, 6.07) is 6.22. The van der Waals surface area contributed by atoms with Crippen LogP contribution in [-0.2, 0) is 6.54 Å². The number of carbonyl (C=O) groups is 2. The fraction of sp³-hybridized carbons (Fsp3) is 0.316. The fourth-order valence-electron chi connectivity index (χ4n) is 2.54. The van der Waals surface area contributed by atoms with E-state index in [0.717, 1.165) is 0 Å². The Labute approximate surface area is 145 Å². The minimum Gasteiger partial charge on any atom is -0.352 e. The number of carbonyl (C=O) groups excluding carboxylic acids is 2. The number of nitrogens with one attached hydrogen (secondary N) is 1. The number of rotatable bonds is 6. The summed E-state index contributed by atoms with van der Waals surface area (Å²) >= 11 is 0. The van der Waals surface area contributed by atoms with E-state index in [1.807, 2.05) is 0 Å². The minimum atomic E-state index is -0.527. The summed E-state index contributed by atoms with van der Waals surface area (Å²) in [5.74, 6) is -1.14. The Morgan fingerprint density at radius 3 is 2.60 bits per heavy atom. The van der Waals surface area contributed by atoms with Crippen molar-refractivity contribution in [3.8, 4) is 0 Å². The predicted molar refractivity (Wildman–Crippen MR) is 93.6 cm³/mol. The molecule has 5 nitrogen and oxygen atoms in total. The molecule has 0 radical (unpaired) electrons. The van der Waals surface area contributed by atoms with Gasteiger partial charge in [0.1, 0.15) is 5.82 Å². The first-order chi connectivity index (χ1) is 11.9. The van der Waals surface area contributed by atoms with Crippen molar-refractivity contribution < 1.29 is 14.0 Å². The van der Waals surface area contributed by atoms with Crippen LogP contribution in [0.4, 0.5) is 4.39 Å². The van der Waals surface area contributed by atoms with Crippen molar-refractivity contribution in [2.75, 3.05) is 6.54 Å². The molecular weight excluding hydrogens is 323 g/mol. The highest BCUT2D eigenvalue weighted by Crippen LogP contribution is 2.14. The van der Waals surface area contributed by atoms with Gasteiger partial charge in [-0.3, -0.25) is 14.4 Å². The summed E-state index contributed by atoms with van der Waals surface area (Å²) in [6.45, 7) is 5.42. The van der Waals surface area contributed by atoms with Gasteiger partial charge < -0.3 is 9.88 Å². The van der Waals surface area contributed by atoms with E-state index < -0.39 is 11.4 Å². The van der Waals surface area contributed by atoms with Crippen LogP contribution in [0.25, 0.3) is 0 Å². The van der Waals surface area contributed by atoms with Crippen LogP contribution in [0, 0.1) is 12.7 Å². The van der Waals surface area contributed by atoms with Crippen LogP contribution in [0.2, 0.25) is 0 Å². The van der Waals surface area contributed by atoms with Crippen molar-refractivity contribution in [2.24, 2.45) is 0 Å². The van der Waals surface area contributed by atoms with Gasteiger partial charge in [0, 0.05) is 24.7 Å². The lowest BCUT2D eigenvalue weighted by molar-refractivity contribution is 0.0955. The third-order valence-corrected chi connectivity index (χ3v) is 3.92. The number of benzene rings is 1. The molecule has 1 aromatic carbocycles. The van der Waals surface area contributed by atoms with Gasteiger partial charge >= 0.3 is 0 Å². The standard InChI is InChI=1S/C19H21FN2O3/c1-4-16(23)15-9-14(18(24)21-5-2)11-22(19(15)25)10-13-8-6-7-12(3)17(13)20/h6-9,11H,4-5,10H2,1-3H3,(H,21,24). The molecule has 1 aromatic heterocycles. The topological polar surface area (TPSA) is 68.2 Å². The van der Waals surface area contributed by atoms with Crippen LogP contribution in [0.1, 0.15) is 52.1 Å².